The Morgan fingerprint density at radius 3 is 1.96 bits per heavy atom. The molecule has 0 heterocycles. The number of unbranched alkanes of at least 4 members (excludes halogenated alkanes) is 12. The molecule has 0 aliphatic rings. The number of nitrogens with one attached hydrogen (secondary N) is 1. The lowest BCUT2D eigenvalue weighted by Crippen LogP contribution is -2.19. The molecule has 0 rings (SSSR count). The molecule has 0 saturated carbocycles. The molecule has 150 valence electrons. The number of aliphatic hydroxyl groups is 1. The van der Waals surface area contributed by atoms with Crippen LogP contribution in [0.1, 0.15) is 103 Å². The van der Waals surface area contributed by atoms with Gasteiger partial charge in [-0.25, -0.2) is 0 Å². The summed E-state index contributed by atoms with van der Waals surface area (Å²) in [4.78, 5) is 11.6. The smallest absolute Gasteiger partial charge is 0.305 e. The minimum absolute atomic E-state index is 0.0239. The molecular formula is C21H43NO3. The molecular weight excluding hydrogens is 314 g/mol. The van der Waals surface area contributed by atoms with E-state index in [1.807, 2.05) is 0 Å². The summed E-state index contributed by atoms with van der Waals surface area (Å²) in [5.74, 6) is -0.0239. The number of hydrogen-bond donors (Lipinski definition) is 2. The predicted molar refractivity (Wildman–Crippen MR) is 106 cm³/mol. The van der Waals surface area contributed by atoms with Crippen molar-refractivity contribution in [2.24, 2.45) is 0 Å². The van der Waals surface area contributed by atoms with Gasteiger partial charge in [0.2, 0.25) is 0 Å². The molecule has 0 aromatic heterocycles. The molecule has 0 aliphatic heterocycles. The fraction of sp³-hybridized carbons (Fsp3) is 0.952. The number of ether oxygens (including phenoxy) is 1. The zero-order valence-electron chi connectivity index (χ0n) is 16.7. The molecule has 0 atom stereocenters. The third-order valence-electron chi connectivity index (χ3n) is 4.53. The Kier molecular flexibility index (Phi) is 20.9. The third kappa shape index (κ3) is 21.3. The second kappa shape index (κ2) is 21.4. The van der Waals surface area contributed by atoms with Crippen molar-refractivity contribution >= 4 is 5.97 Å². The maximum absolute atomic E-state index is 11.6. The number of esters is 1. The van der Waals surface area contributed by atoms with Gasteiger partial charge in [0.25, 0.3) is 0 Å². The van der Waals surface area contributed by atoms with Crippen molar-refractivity contribution in [1.29, 1.82) is 0 Å². The minimum atomic E-state index is -0.0239. The van der Waals surface area contributed by atoms with Gasteiger partial charge in [-0.1, -0.05) is 77.6 Å². The van der Waals surface area contributed by atoms with Crippen LogP contribution in [0.3, 0.4) is 0 Å². The van der Waals surface area contributed by atoms with Gasteiger partial charge in [-0.05, 0) is 25.8 Å². The van der Waals surface area contributed by atoms with E-state index in [0.29, 0.717) is 19.6 Å². The molecule has 0 bridgehead atoms. The highest BCUT2D eigenvalue weighted by atomic mass is 16.5. The predicted octanol–water partition coefficient (Wildman–Crippen LogP) is 4.98. The van der Waals surface area contributed by atoms with Crippen LogP contribution in [0.15, 0.2) is 0 Å². The van der Waals surface area contributed by atoms with E-state index in [9.17, 15) is 4.79 Å². The van der Waals surface area contributed by atoms with Gasteiger partial charge in [0, 0.05) is 13.0 Å². The molecule has 0 unspecified atom stereocenters. The normalized spacial score (nSPS) is 11.0. The fourth-order valence-electron chi connectivity index (χ4n) is 2.92. The lowest BCUT2D eigenvalue weighted by molar-refractivity contribution is -0.143. The van der Waals surface area contributed by atoms with Gasteiger partial charge in [0.05, 0.1) is 13.2 Å². The third-order valence-corrected chi connectivity index (χ3v) is 4.53. The largest absolute Gasteiger partial charge is 0.466 e. The second-order valence-electron chi connectivity index (χ2n) is 7.04. The van der Waals surface area contributed by atoms with Crippen LogP contribution in [0.25, 0.3) is 0 Å². The molecule has 2 N–H and O–H groups in total. The average molecular weight is 358 g/mol. The number of carbonyl (C=O) groups is 1. The first kappa shape index (κ1) is 24.4. The summed E-state index contributed by atoms with van der Waals surface area (Å²) in [6.07, 6.45) is 17.7. The van der Waals surface area contributed by atoms with Gasteiger partial charge in [-0.3, -0.25) is 4.79 Å². The van der Waals surface area contributed by atoms with Crippen LogP contribution in [0, 0.1) is 0 Å². The van der Waals surface area contributed by atoms with Crippen LogP contribution >= 0.6 is 0 Å². The van der Waals surface area contributed by atoms with E-state index >= 15 is 0 Å². The highest BCUT2D eigenvalue weighted by molar-refractivity contribution is 5.69. The quantitative estimate of drug-likeness (QED) is 0.238. The molecule has 0 spiro atoms. The van der Waals surface area contributed by atoms with Crippen LogP contribution in [-0.4, -0.2) is 37.4 Å². The van der Waals surface area contributed by atoms with E-state index in [1.54, 1.807) is 0 Å². The maximum Gasteiger partial charge on any atom is 0.305 e. The molecule has 25 heavy (non-hydrogen) atoms. The van der Waals surface area contributed by atoms with E-state index < -0.39 is 0 Å². The van der Waals surface area contributed by atoms with Crippen LogP contribution in [0.5, 0.6) is 0 Å². The Bertz CT molecular complexity index is 272. The van der Waals surface area contributed by atoms with E-state index in [4.69, 9.17) is 9.84 Å². The summed E-state index contributed by atoms with van der Waals surface area (Å²) in [6, 6.07) is 0. The summed E-state index contributed by atoms with van der Waals surface area (Å²) in [5.41, 5.74) is 0. The Balaban J connectivity index is 3.13. The van der Waals surface area contributed by atoms with Crippen molar-refractivity contribution in [3.8, 4) is 0 Å². The molecule has 4 nitrogen and oxygen atoms in total. The lowest BCUT2D eigenvalue weighted by atomic mass is 10.1. The van der Waals surface area contributed by atoms with E-state index in [1.165, 1.54) is 64.2 Å². The van der Waals surface area contributed by atoms with Crippen molar-refractivity contribution in [3.05, 3.63) is 0 Å². The zero-order chi connectivity index (χ0) is 18.4. The molecule has 0 aliphatic carbocycles. The summed E-state index contributed by atoms with van der Waals surface area (Å²) < 4.78 is 5.30. The Morgan fingerprint density at radius 2 is 1.32 bits per heavy atom. The molecule has 0 amide bonds. The SMILES string of the molecule is CCCCCCCCCCCOC(=O)CCCCCCCNCCO. The van der Waals surface area contributed by atoms with Crippen molar-refractivity contribution in [1.82, 2.24) is 5.32 Å². The topological polar surface area (TPSA) is 58.6 Å². The summed E-state index contributed by atoms with van der Waals surface area (Å²) >= 11 is 0. The first-order valence-electron chi connectivity index (χ1n) is 10.8. The van der Waals surface area contributed by atoms with Crippen molar-refractivity contribution in [3.63, 3.8) is 0 Å². The first-order chi connectivity index (χ1) is 12.3. The summed E-state index contributed by atoms with van der Waals surface area (Å²) in [6.45, 7) is 4.72. The molecule has 0 saturated heterocycles. The minimum Gasteiger partial charge on any atom is -0.466 e. The highest BCUT2D eigenvalue weighted by Gasteiger charge is 2.02. The van der Waals surface area contributed by atoms with Gasteiger partial charge in [-0.2, -0.15) is 0 Å². The zero-order valence-corrected chi connectivity index (χ0v) is 16.7. The fourth-order valence-corrected chi connectivity index (χ4v) is 2.92. The molecule has 0 aromatic carbocycles. The number of carbonyl (C=O) groups excluding carboxylic acids is 1. The standard InChI is InChI=1S/C21H43NO3/c1-2-3-4-5-6-7-8-12-15-20-25-21(24)16-13-10-9-11-14-17-22-18-19-23/h22-23H,2-20H2,1H3. The van der Waals surface area contributed by atoms with Gasteiger partial charge >= 0.3 is 5.97 Å². The lowest BCUT2D eigenvalue weighted by Gasteiger charge is -2.06. The first-order valence-corrected chi connectivity index (χ1v) is 10.8. The molecule has 4 heteroatoms. The van der Waals surface area contributed by atoms with Crippen molar-refractivity contribution in [2.45, 2.75) is 103 Å². The average Bonchev–Trinajstić information content (AvgIpc) is 2.62. The van der Waals surface area contributed by atoms with Crippen LogP contribution in [0.2, 0.25) is 0 Å². The number of rotatable bonds is 20. The van der Waals surface area contributed by atoms with E-state index in [-0.39, 0.29) is 12.6 Å². The van der Waals surface area contributed by atoms with E-state index in [0.717, 1.165) is 32.2 Å². The summed E-state index contributed by atoms with van der Waals surface area (Å²) in [5, 5.41) is 11.8. The van der Waals surface area contributed by atoms with Crippen LogP contribution < -0.4 is 5.32 Å². The van der Waals surface area contributed by atoms with Crippen molar-refractivity contribution < 1.29 is 14.6 Å². The Morgan fingerprint density at radius 1 is 0.760 bits per heavy atom. The number of hydrogen-bond acceptors (Lipinski definition) is 4. The van der Waals surface area contributed by atoms with Crippen molar-refractivity contribution in [2.75, 3.05) is 26.3 Å². The summed E-state index contributed by atoms with van der Waals surface area (Å²) in [7, 11) is 0. The molecule has 0 radical (unpaired) electrons. The van der Waals surface area contributed by atoms with Crippen LogP contribution in [-0.2, 0) is 9.53 Å². The molecule has 0 fully saturated rings. The van der Waals surface area contributed by atoms with Crippen LogP contribution in [0.4, 0.5) is 0 Å². The second-order valence-corrected chi connectivity index (χ2v) is 7.04. The van der Waals surface area contributed by atoms with Gasteiger partial charge < -0.3 is 15.2 Å². The van der Waals surface area contributed by atoms with Gasteiger partial charge in [0.15, 0.2) is 0 Å². The Hall–Kier alpha value is -0.610. The Labute approximate surface area is 156 Å². The molecule has 0 aromatic rings. The highest BCUT2D eigenvalue weighted by Crippen LogP contribution is 2.10. The van der Waals surface area contributed by atoms with E-state index in [2.05, 4.69) is 12.2 Å². The van der Waals surface area contributed by atoms with Gasteiger partial charge in [0.1, 0.15) is 0 Å². The monoisotopic (exact) mass is 357 g/mol. The van der Waals surface area contributed by atoms with Gasteiger partial charge in [-0.15, -0.1) is 0 Å². The maximum atomic E-state index is 11.6. The number of aliphatic hydroxyl groups excluding tert-OH is 1.